The van der Waals surface area contributed by atoms with E-state index in [1.807, 2.05) is 12.1 Å². The molecule has 1 aromatic carbocycles. The lowest BCUT2D eigenvalue weighted by Crippen LogP contribution is -2.31. The van der Waals surface area contributed by atoms with Gasteiger partial charge in [-0.25, -0.2) is 9.97 Å². The van der Waals surface area contributed by atoms with E-state index in [4.69, 9.17) is 14.2 Å². The van der Waals surface area contributed by atoms with Crippen molar-refractivity contribution in [1.82, 2.24) is 9.97 Å². The molecule has 6 nitrogen and oxygen atoms in total. The van der Waals surface area contributed by atoms with Gasteiger partial charge in [-0.1, -0.05) is 0 Å². The van der Waals surface area contributed by atoms with Gasteiger partial charge >= 0.3 is 0 Å². The zero-order valence-electron chi connectivity index (χ0n) is 13.0. The Kier molecular flexibility index (Phi) is 4.00. The molecule has 6 heteroatoms. The minimum absolute atomic E-state index is 0.572. The third-order valence-electron chi connectivity index (χ3n) is 3.88. The fourth-order valence-electron chi connectivity index (χ4n) is 2.69. The van der Waals surface area contributed by atoms with E-state index in [2.05, 4.69) is 20.9 Å². The second-order valence-corrected chi connectivity index (χ2v) is 5.07. The molecule has 1 aliphatic heterocycles. The summed E-state index contributed by atoms with van der Waals surface area (Å²) in [7, 11) is 4.92. The summed E-state index contributed by atoms with van der Waals surface area (Å²) in [5.41, 5.74) is 2.51. The van der Waals surface area contributed by atoms with Crippen LogP contribution in [0.15, 0.2) is 24.5 Å². The van der Waals surface area contributed by atoms with E-state index in [0.29, 0.717) is 5.88 Å². The van der Waals surface area contributed by atoms with Crippen LogP contribution >= 0.6 is 0 Å². The van der Waals surface area contributed by atoms with Gasteiger partial charge in [-0.15, -0.1) is 0 Å². The molecule has 0 radical (unpaired) electrons. The highest BCUT2D eigenvalue weighted by Gasteiger charge is 2.20. The molecule has 0 spiro atoms. The van der Waals surface area contributed by atoms with Gasteiger partial charge in [0.25, 0.3) is 0 Å². The average Bonchev–Trinajstić information content (AvgIpc) is 2.59. The van der Waals surface area contributed by atoms with Gasteiger partial charge in [0, 0.05) is 19.2 Å². The van der Waals surface area contributed by atoms with Gasteiger partial charge in [-0.05, 0) is 29.7 Å². The first-order valence-corrected chi connectivity index (χ1v) is 7.10. The summed E-state index contributed by atoms with van der Waals surface area (Å²) in [6, 6.07) is 5.95. The molecule has 0 bridgehead atoms. The van der Waals surface area contributed by atoms with E-state index in [1.165, 1.54) is 17.5 Å². The van der Waals surface area contributed by atoms with Gasteiger partial charge in [-0.2, -0.15) is 0 Å². The smallest absolute Gasteiger partial charge is 0.218 e. The quantitative estimate of drug-likeness (QED) is 0.861. The molecule has 0 atom stereocenters. The largest absolute Gasteiger partial charge is 0.493 e. The lowest BCUT2D eigenvalue weighted by atomic mass is 9.99. The number of ether oxygens (including phenoxy) is 3. The summed E-state index contributed by atoms with van der Waals surface area (Å²) in [5.74, 6) is 2.97. The monoisotopic (exact) mass is 301 g/mol. The van der Waals surface area contributed by atoms with Crippen molar-refractivity contribution in [2.45, 2.75) is 13.0 Å². The second kappa shape index (κ2) is 6.09. The summed E-state index contributed by atoms with van der Waals surface area (Å²) in [6.45, 7) is 1.67. The molecule has 2 heterocycles. The highest BCUT2D eigenvalue weighted by atomic mass is 16.5. The number of anilines is 1. The van der Waals surface area contributed by atoms with Crippen LogP contribution in [0.2, 0.25) is 0 Å². The maximum absolute atomic E-state index is 5.39. The summed E-state index contributed by atoms with van der Waals surface area (Å²) >= 11 is 0. The van der Waals surface area contributed by atoms with Gasteiger partial charge in [0.1, 0.15) is 12.1 Å². The minimum Gasteiger partial charge on any atom is -0.493 e. The Morgan fingerprint density at radius 1 is 0.909 bits per heavy atom. The zero-order valence-corrected chi connectivity index (χ0v) is 13.0. The number of nitrogens with zero attached hydrogens (tertiary/aromatic N) is 3. The number of aromatic nitrogens is 2. The number of hydrogen-bond acceptors (Lipinski definition) is 6. The van der Waals surface area contributed by atoms with Crippen molar-refractivity contribution in [3.05, 3.63) is 35.7 Å². The molecule has 2 aromatic rings. The fourth-order valence-corrected chi connectivity index (χ4v) is 2.69. The Balaban J connectivity index is 1.89. The molecule has 0 unspecified atom stereocenters. The predicted octanol–water partition coefficient (Wildman–Crippen LogP) is 2.07. The summed E-state index contributed by atoms with van der Waals surface area (Å²) in [4.78, 5) is 10.6. The van der Waals surface area contributed by atoms with Crippen molar-refractivity contribution < 1.29 is 14.2 Å². The molecule has 0 amide bonds. The molecule has 0 fully saturated rings. The van der Waals surface area contributed by atoms with E-state index in [9.17, 15) is 0 Å². The van der Waals surface area contributed by atoms with E-state index in [-0.39, 0.29) is 0 Å². The first-order valence-electron chi connectivity index (χ1n) is 7.10. The van der Waals surface area contributed by atoms with Crippen LogP contribution in [0.3, 0.4) is 0 Å². The highest BCUT2D eigenvalue weighted by molar-refractivity contribution is 5.52. The molecule has 116 valence electrons. The number of hydrogen-bond donors (Lipinski definition) is 0. The Hall–Kier alpha value is -2.50. The molecular formula is C16H19N3O3. The van der Waals surface area contributed by atoms with Gasteiger partial charge < -0.3 is 19.1 Å². The van der Waals surface area contributed by atoms with Crippen LogP contribution < -0.4 is 19.1 Å². The molecule has 0 N–H and O–H groups in total. The van der Waals surface area contributed by atoms with Crippen molar-refractivity contribution in [2.24, 2.45) is 0 Å². The fraction of sp³-hybridized carbons (Fsp3) is 0.375. The third-order valence-corrected chi connectivity index (χ3v) is 3.88. The first kappa shape index (κ1) is 14.4. The molecule has 0 aliphatic carbocycles. The highest BCUT2D eigenvalue weighted by Crippen LogP contribution is 2.34. The summed E-state index contributed by atoms with van der Waals surface area (Å²) in [5, 5.41) is 0. The number of methoxy groups -OCH3 is 3. The molecule has 0 saturated heterocycles. The maximum atomic E-state index is 5.39. The summed E-state index contributed by atoms with van der Waals surface area (Å²) in [6.07, 6.45) is 2.46. The number of rotatable bonds is 4. The Morgan fingerprint density at radius 3 is 2.32 bits per heavy atom. The second-order valence-electron chi connectivity index (χ2n) is 5.07. The van der Waals surface area contributed by atoms with Gasteiger partial charge in [0.2, 0.25) is 5.88 Å². The Bertz CT molecular complexity index is 676. The topological polar surface area (TPSA) is 56.7 Å². The third kappa shape index (κ3) is 2.64. The Labute approximate surface area is 129 Å². The normalized spacial score (nSPS) is 13.5. The van der Waals surface area contributed by atoms with E-state index >= 15 is 0 Å². The lowest BCUT2D eigenvalue weighted by Gasteiger charge is -2.30. The standard InChI is InChI=1S/C16H19N3O3/c1-20-13-6-11-4-5-19(9-12(11)7-14(13)21-2)15-8-16(22-3)18-10-17-15/h6-8,10H,4-5,9H2,1-3H3. The van der Waals surface area contributed by atoms with Crippen molar-refractivity contribution in [2.75, 3.05) is 32.8 Å². The molecule has 22 heavy (non-hydrogen) atoms. The van der Waals surface area contributed by atoms with Gasteiger partial charge in [-0.3, -0.25) is 0 Å². The van der Waals surface area contributed by atoms with Crippen LogP contribution in [-0.4, -0.2) is 37.8 Å². The van der Waals surface area contributed by atoms with Crippen molar-refractivity contribution in [3.63, 3.8) is 0 Å². The van der Waals surface area contributed by atoms with Crippen LogP contribution in [0.25, 0.3) is 0 Å². The first-order chi connectivity index (χ1) is 10.7. The molecule has 3 rings (SSSR count). The maximum Gasteiger partial charge on any atom is 0.218 e. The van der Waals surface area contributed by atoms with Crippen LogP contribution in [-0.2, 0) is 13.0 Å². The van der Waals surface area contributed by atoms with E-state index in [1.54, 1.807) is 21.3 Å². The van der Waals surface area contributed by atoms with Gasteiger partial charge in [0.05, 0.1) is 21.3 Å². The molecular weight excluding hydrogens is 282 g/mol. The zero-order chi connectivity index (χ0) is 15.5. The molecule has 1 aliphatic rings. The average molecular weight is 301 g/mol. The summed E-state index contributed by atoms with van der Waals surface area (Å²) < 4.78 is 15.9. The van der Waals surface area contributed by atoms with Crippen LogP contribution in [0.4, 0.5) is 5.82 Å². The molecule has 0 saturated carbocycles. The number of benzene rings is 1. The van der Waals surface area contributed by atoms with Crippen molar-refractivity contribution in [3.8, 4) is 17.4 Å². The van der Waals surface area contributed by atoms with Crippen LogP contribution in [0.1, 0.15) is 11.1 Å². The SMILES string of the molecule is COc1cc(N2CCc3cc(OC)c(OC)cc3C2)ncn1. The number of fused-ring (bicyclic) bond motifs is 1. The van der Waals surface area contributed by atoms with Crippen LogP contribution in [0, 0.1) is 0 Å². The van der Waals surface area contributed by atoms with E-state index < -0.39 is 0 Å². The minimum atomic E-state index is 0.572. The van der Waals surface area contributed by atoms with Crippen molar-refractivity contribution in [1.29, 1.82) is 0 Å². The van der Waals surface area contributed by atoms with Crippen molar-refractivity contribution >= 4 is 5.82 Å². The predicted molar refractivity (Wildman–Crippen MR) is 82.9 cm³/mol. The van der Waals surface area contributed by atoms with Gasteiger partial charge in [0.15, 0.2) is 11.5 Å². The Morgan fingerprint density at radius 2 is 1.64 bits per heavy atom. The lowest BCUT2D eigenvalue weighted by molar-refractivity contribution is 0.353. The molecule has 1 aromatic heterocycles. The van der Waals surface area contributed by atoms with Crippen LogP contribution in [0.5, 0.6) is 17.4 Å². The van der Waals surface area contributed by atoms with E-state index in [0.717, 1.165) is 36.8 Å².